The molecule has 0 aromatic heterocycles. The van der Waals surface area contributed by atoms with E-state index in [1.807, 2.05) is 19.1 Å². The van der Waals surface area contributed by atoms with E-state index in [1.54, 1.807) is 17.9 Å². The first kappa shape index (κ1) is 17.1. The smallest absolute Gasteiger partial charge is 0.307 e. The molecule has 5 nitrogen and oxygen atoms in total. The zero-order chi connectivity index (χ0) is 17.5. The molecule has 2 atom stereocenters. The number of likely N-dealkylation sites (tertiary alicyclic amines) is 1. The summed E-state index contributed by atoms with van der Waals surface area (Å²) in [7, 11) is 0. The fourth-order valence-corrected chi connectivity index (χ4v) is 3.78. The number of carbonyl (C=O) groups excluding carboxylic acids is 1. The molecule has 24 heavy (non-hydrogen) atoms. The highest BCUT2D eigenvalue weighted by atomic mass is 35.5. The highest BCUT2D eigenvalue weighted by Crippen LogP contribution is 2.59. The lowest BCUT2D eigenvalue weighted by molar-refractivity contribution is -0.141. The minimum absolute atomic E-state index is 0.0741. The average Bonchev–Trinajstić information content (AvgIpc) is 3.25. The van der Waals surface area contributed by atoms with Crippen LogP contribution in [-0.4, -0.2) is 41.1 Å². The van der Waals surface area contributed by atoms with E-state index in [0.717, 1.165) is 24.8 Å². The van der Waals surface area contributed by atoms with Crippen LogP contribution in [0.1, 0.15) is 31.7 Å². The maximum absolute atomic E-state index is 12.6. The molecule has 2 unspecified atom stereocenters. The molecule has 130 valence electrons. The fourth-order valence-electron chi connectivity index (χ4n) is 3.62. The predicted molar refractivity (Wildman–Crippen MR) is 90.3 cm³/mol. The third-order valence-corrected chi connectivity index (χ3v) is 5.61. The zero-order valence-electron chi connectivity index (χ0n) is 13.9. The third kappa shape index (κ3) is 3.22. The number of aliphatic carboxylic acids is 1. The van der Waals surface area contributed by atoms with Gasteiger partial charge in [-0.15, -0.1) is 0 Å². The number of rotatable bonds is 4. The molecule has 3 rings (SSSR count). The number of amides is 1. The second-order valence-corrected chi connectivity index (χ2v) is 7.38. The molecule has 0 bridgehead atoms. The predicted octanol–water partition coefficient (Wildman–Crippen LogP) is 3.13. The van der Waals surface area contributed by atoms with Crippen LogP contribution in [0.5, 0.6) is 5.75 Å². The number of carboxylic acid groups (broad SMARTS) is 1. The van der Waals surface area contributed by atoms with E-state index < -0.39 is 12.1 Å². The first-order valence-corrected chi connectivity index (χ1v) is 8.65. The lowest BCUT2D eigenvalue weighted by Gasteiger charge is -2.34. The van der Waals surface area contributed by atoms with Gasteiger partial charge in [-0.3, -0.25) is 9.59 Å². The highest BCUT2D eigenvalue weighted by Gasteiger charge is 2.59. The zero-order valence-corrected chi connectivity index (χ0v) is 14.7. The molecule has 0 radical (unpaired) electrons. The van der Waals surface area contributed by atoms with Crippen molar-refractivity contribution in [1.29, 1.82) is 0 Å². The summed E-state index contributed by atoms with van der Waals surface area (Å²) in [4.78, 5) is 25.5. The number of aryl methyl sites for hydroxylation is 1. The molecule has 1 aliphatic heterocycles. The van der Waals surface area contributed by atoms with Crippen LogP contribution < -0.4 is 4.74 Å². The number of piperidine rings is 1. The van der Waals surface area contributed by atoms with Crippen LogP contribution in [0.3, 0.4) is 0 Å². The number of carbonyl (C=O) groups is 2. The van der Waals surface area contributed by atoms with Crippen LogP contribution in [0.2, 0.25) is 5.02 Å². The van der Waals surface area contributed by atoms with E-state index in [4.69, 9.17) is 21.4 Å². The second kappa shape index (κ2) is 6.28. The summed E-state index contributed by atoms with van der Waals surface area (Å²) in [6.45, 7) is 4.85. The maximum atomic E-state index is 12.6. The van der Waals surface area contributed by atoms with Crippen molar-refractivity contribution in [2.75, 3.05) is 13.1 Å². The van der Waals surface area contributed by atoms with Crippen molar-refractivity contribution >= 4 is 23.5 Å². The lowest BCUT2D eigenvalue weighted by Crippen LogP contribution is -2.45. The lowest BCUT2D eigenvalue weighted by atomic mass is 9.90. The summed E-state index contributed by atoms with van der Waals surface area (Å²) < 4.78 is 5.75. The standard InChI is InChI=1S/C18H22ClNO4/c1-11-3-4-14(19)15(9-11)24-12(2)16(21)20-7-5-18(6-8-20)10-13(18)17(22)23/h3-4,9,12-13H,5-8,10H2,1-2H3,(H,22,23). The SMILES string of the molecule is Cc1ccc(Cl)c(OC(C)C(=O)N2CCC3(CC2)CC3C(=O)O)c1. The fraction of sp³-hybridized carbons (Fsp3) is 0.556. The van der Waals surface area contributed by atoms with Crippen molar-refractivity contribution in [3.63, 3.8) is 0 Å². The van der Waals surface area contributed by atoms with Crippen molar-refractivity contribution in [2.45, 2.75) is 39.2 Å². The maximum Gasteiger partial charge on any atom is 0.307 e. The number of hydrogen-bond acceptors (Lipinski definition) is 3. The van der Waals surface area contributed by atoms with Crippen LogP contribution in [0.25, 0.3) is 0 Å². The van der Waals surface area contributed by atoms with Gasteiger partial charge in [0.15, 0.2) is 6.10 Å². The average molecular weight is 352 g/mol. The molecule has 1 spiro atoms. The molecule has 1 aliphatic carbocycles. The van der Waals surface area contributed by atoms with Crippen molar-refractivity contribution in [3.8, 4) is 5.75 Å². The number of halogens is 1. The van der Waals surface area contributed by atoms with Gasteiger partial charge in [0.1, 0.15) is 5.75 Å². The summed E-state index contributed by atoms with van der Waals surface area (Å²) >= 11 is 6.12. The summed E-state index contributed by atoms with van der Waals surface area (Å²) in [5.41, 5.74) is 0.939. The highest BCUT2D eigenvalue weighted by molar-refractivity contribution is 6.32. The number of nitrogens with zero attached hydrogens (tertiary/aromatic N) is 1. The molecule has 1 aromatic rings. The molecule has 2 fully saturated rings. The van der Waals surface area contributed by atoms with Crippen molar-refractivity contribution in [2.24, 2.45) is 11.3 Å². The second-order valence-electron chi connectivity index (χ2n) is 6.98. The topological polar surface area (TPSA) is 66.8 Å². The van der Waals surface area contributed by atoms with Gasteiger partial charge in [0.05, 0.1) is 10.9 Å². The first-order chi connectivity index (χ1) is 11.3. The Balaban J connectivity index is 1.57. The summed E-state index contributed by atoms with van der Waals surface area (Å²) in [5.74, 6) is -0.496. The van der Waals surface area contributed by atoms with Crippen molar-refractivity contribution in [1.82, 2.24) is 4.90 Å². The Morgan fingerprint density at radius 2 is 2.04 bits per heavy atom. The van der Waals surface area contributed by atoms with Crippen LogP contribution in [0, 0.1) is 18.3 Å². The summed E-state index contributed by atoms with van der Waals surface area (Å²) in [5, 5.41) is 9.62. The van der Waals surface area contributed by atoms with Crippen LogP contribution in [0.4, 0.5) is 0 Å². The van der Waals surface area contributed by atoms with E-state index in [1.165, 1.54) is 0 Å². The molecule has 1 aromatic carbocycles. The third-order valence-electron chi connectivity index (χ3n) is 5.30. The van der Waals surface area contributed by atoms with Gasteiger partial charge in [0, 0.05) is 13.1 Å². The Bertz CT molecular complexity index is 667. The van der Waals surface area contributed by atoms with Crippen LogP contribution >= 0.6 is 11.6 Å². The number of hydrogen-bond donors (Lipinski definition) is 1. The Kier molecular flexibility index (Phi) is 4.47. The van der Waals surface area contributed by atoms with Crippen LogP contribution in [-0.2, 0) is 9.59 Å². The minimum Gasteiger partial charge on any atom is -0.481 e. The van der Waals surface area contributed by atoms with Gasteiger partial charge in [-0.25, -0.2) is 0 Å². The van der Waals surface area contributed by atoms with Crippen molar-refractivity contribution < 1.29 is 19.4 Å². The number of carboxylic acids is 1. The molecule has 1 N–H and O–H groups in total. The van der Waals surface area contributed by atoms with E-state index in [9.17, 15) is 9.59 Å². The van der Waals surface area contributed by atoms with Gasteiger partial charge in [-0.2, -0.15) is 0 Å². The van der Waals surface area contributed by atoms with Crippen LogP contribution in [0.15, 0.2) is 18.2 Å². The molecule has 1 amide bonds. The normalized spacial score (nSPS) is 23.0. The Morgan fingerprint density at radius 1 is 1.38 bits per heavy atom. The van der Waals surface area contributed by atoms with Gasteiger partial charge in [0.2, 0.25) is 0 Å². The van der Waals surface area contributed by atoms with E-state index in [-0.39, 0.29) is 17.2 Å². The minimum atomic E-state index is -0.708. The van der Waals surface area contributed by atoms with Gasteiger partial charge in [-0.05, 0) is 56.2 Å². The molecule has 6 heteroatoms. The number of ether oxygens (including phenoxy) is 1. The van der Waals surface area contributed by atoms with E-state index in [2.05, 4.69) is 0 Å². The molecule has 2 aliphatic rings. The Labute approximate surface area is 146 Å². The molecule has 1 heterocycles. The quantitative estimate of drug-likeness (QED) is 0.905. The van der Waals surface area contributed by atoms with Gasteiger partial charge in [-0.1, -0.05) is 17.7 Å². The largest absolute Gasteiger partial charge is 0.481 e. The van der Waals surface area contributed by atoms with Gasteiger partial charge < -0.3 is 14.7 Å². The monoisotopic (exact) mass is 351 g/mol. The van der Waals surface area contributed by atoms with Gasteiger partial charge >= 0.3 is 5.97 Å². The first-order valence-electron chi connectivity index (χ1n) is 8.27. The summed E-state index contributed by atoms with van der Waals surface area (Å²) in [6.07, 6.45) is 1.64. The Morgan fingerprint density at radius 3 is 2.62 bits per heavy atom. The van der Waals surface area contributed by atoms with E-state index >= 15 is 0 Å². The molecular formula is C18H22ClNO4. The number of benzene rings is 1. The Hall–Kier alpha value is -1.75. The van der Waals surface area contributed by atoms with Gasteiger partial charge in [0.25, 0.3) is 5.91 Å². The molecule has 1 saturated carbocycles. The van der Waals surface area contributed by atoms with E-state index in [0.29, 0.717) is 23.9 Å². The molecular weight excluding hydrogens is 330 g/mol. The molecule has 1 saturated heterocycles. The summed E-state index contributed by atoms with van der Waals surface area (Å²) in [6, 6.07) is 5.46. The van der Waals surface area contributed by atoms with Crippen molar-refractivity contribution in [3.05, 3.63) is 28.8 Å².